The number of hydrogen-bond acceptors (Lipinski definition) is 6. The average Bonchev–Trinajstić information content (AvgIpc) is 2.64. The molecule has 8 heteroatoms. The third-order valence-corrected chi connectivity index (χ3v) is 4.76. The van der Waals surface area contributed by atoms with Crippen LogP contribution in [0.4, 0.5) is 11.5 Å². The number of benzene rings is 2. The van der Waals surface area contributed by atoms with E-state index >= 15 is 0 Å². The van der Waals surface area contributed by atoms with Crippen LogP contribution in [0, 0.1) is 6.92 Å². The molecule has 0 bridgehead atoms. The van der Waals surface area contributed by atoms with Gasteiger partial charge < -0.3 is 5.73 Å². The molecule has 0 aliphatic rings. The van der Waals surface area contributed by atoms with Crippen LogP contribution in [0.15, 0.2) is 64.8 Å². The van der Waals surface area contributed by atoms with Crippen molar-refractivity contribution in [3.8, 4) is 0 Å². The maximum atomic E-state index is 12.1. The topological polar surface area (TPSA) is 92.9 Å². The number of aromatic nitrogens is 2. The number of anilines is 2. The van der Waals surface area contributed by atoms with Crippen molar-refractivity contribution in [1.29, 1.82) is 0 Å². The summed E-state index contributed by atoms with van der Waals surface area (Å²) in [5, 5.41) is 1.17. The fourth-order valence-electron chi connectivity index (χ4n) is 2.07. The molecule has 26 heavy (non-hydrogen) atoms. The first-order chi connectivity index (χ1) is 12.5. The van der Waals surface area contributed by atoms with E-state index in [2.05, 4.69) is 20.8 Å². The molecule has 0 unspecified atom stereocenters. The lowest BCUT2D eigenvalue weighted by molar-refractivity contribution is 0.0962. The Bertz CT molecular complexity index is 916. The summed E-state index contributed by atoms with van der Waals surface area (Å²) in [5.74, 6) is 0.00402. The molecular weight excluding hydrogens is 370 g/mol. The number of carbonyl (C=O) groups is 1. The Kier molecular flexibility index (Phi) is 5.60. The van der Waals surface area contributed by atoms with Gasteiger partial charge in [-0.15, -0.1) is 0 Å². The second-order valence-corrected chi connectivity index (χ2v) is 6.94. The maximum Gasteiger partial charge on any atom is 0.269 e. The lowest BCUT2D eigenvalue weighted by atomic mass is 10.2. The normalized spacial score (nSPS) is 10.4. The molecule has 4 N–H and O–H groups in total. The maximum absolute atomic E-state index is 12.1. The quantitative estimate of drug-likeness (QED) is 0.455. The Hall–Kier alpha value is -2.77. The average molecular weight is 386 g/mol. The number of nitrogens with two attached hydrogens (primary N) is 1. The summed E-state index contributed by atoms with van der Waals surface area (Å²) in [7, 11) is 0. The molecule has 0 fully saturated rings. The van der Waals surface area contributed by atoms with Gasteiger partial charge in [0.2, 0.25) is 0 Å². The monoisotopic (exact) mass is 385 g/mol. The van der Waals surface area contributed by atoms with Gasteiger partial charge in [0.15, 0.2) is 5.82 Å². The van der Waals surface area contributed by atoms with Gasteiger partial charge >= 0.3 is 0 Å². The van der Waals surface area contributed by atoms with Gasteiger partial charge in [0.25, 0.3) is 5.91 Å². The molecular formula is C18H16ClN5OS. The first-order valence-electron chi connectivity index (χ1n) is 7.70. The van der Waals surface area contributed by atoms with Crippen LogP contribution in [0.1, 0.15) is 15.9 Å². The molecule has 0 saturated carbocycles. The number of nitrogen functional groups attached to an aromatic ring is 1. The van der Waals surface area contributed by atoms with Gasteiger partial charge in [-0.25, -0.2) is 9.97 Å². The lowest BCUT2D eigenvalue weighted by Gasteiger charge is -2.12. The number of aryl methyl sites for hydroxylation is 1. The molecule has 132 valence electrons. The molecule has 1 amide bonds. The Labute approximate surface area is 160 Å². The van der Waals surface area contributed by atoms with Crippen molar-refractivity contribution in [3.63, 3.8) is 0 Å². The van der Waals surface area contributed by atoms with E-state index in [9.17, 15) is 4.79 Å². The molecule has 0 aliphatic carbocycles. The van der Waals surface area contributed by atoms with Crippen molar-refractivity contribution in [3.05, 3.63) is 71.0 Å². The van der Waals surface area contributed by atoms with E-state index in [1.165, 1.54) is 23.7 Å². The van der Waals surface area contributed by atoms with E-state index in [-0.39, 0.29) is 5.91 Å². The summed E-state index contributed by atoms with van der Waals surface area (Å²) < 4.78 is 0. The van der Waals surface area contributed by atoms with Crippen LogP contribution in [0.5, 0.6) is 0 Å². The first-order valence-corrected chi connectivity index (χ1v) is 8.89. The van der Waals surface area contributed by atoms with E-state index in [1.54, 1.807) is 24.3 Å². The highest BCUT2D eigenvalue weighted by molar-refractivity contribution is 7.99. The lowest BCUT2D eigenvalue weighted by Crippen LogP contribution is -2.30. The number of carbonyl (C=O) groups excluding carboxylic acids is 1. The Morgan fingerprint density at radius 1 is 1.08 bits per heavy atom. The number of halogens is 1. The first kappa shape index (κ1) is 18.0. The molecule has 3 aromatic rings. The number of nitrogens with one attached hydrogen (secondary N) is 2. The fourth-order valence-corrected chi connectivity index (χ4v) is 3.00. The van der Waals surface area contributed by atoms with Gasteiger partial charge in [0.05, 0.1) is 0 Å². The Morgan fingerprint density at radius 3 is 2.46 bits per heavy atom. The van der Waals surface area contributed by atoms with E-state index in [0.29, 0.717) is 27.1 Å². The van der Waals surface area contributed by atoms with Crippen LogP contribution in [0.25, 0.3) is 0 Å². The number of nitrogens with zero attached hydrogens (tertiary/aromatic N) is 2. The van der Waals surface area contributed by atoms with Gasteiger partial charge in [-0.2, -0.15) is 0 Å². The van der Waals surface area contributed by atoms with Crippen LogP contribution in [0.2, 0.25) is 5.02 Å². The van der Waals surface area contributed by atoms with Crippen molar-refractivity contribution in [1.82, 2.24) is 15.4 Å². The number of hydrazine groups is 1. The highest BCUT2D eigenvalue weighted by Crippen LogP contribution is 2.32. The van der Waals surface area contributed by atoms with E-state index in [0.717, 1.165) is 4.90 Å². The third kappa shape index (κ3) is 4.44. The summed E-state index contributed by atoms with van der Waals surface area (Å²) in [6, 6.07) is 14.6. The zero-order valence-corrected chi connectivity index (χ0v) is 15.4. The zero-order valence-electron chi connectivity index (χ0n) is 13.9. The highest BCUT2D eigenvalue weighted by Gasteiger charge is 2.11. The molecule has 1 heterocycles. The minimum Gasteiger partial charge on any atom is -0.393 e. The van der Waals surface area contributed by atoms with Crippen molar-refractivity contribution in [2.24, 2.45) is 0 Å². The predicted octanol–water partition coefficient (Wildman–Crippen LogP) is 3.93. The molecule has 0 spiro atoms. The summed E-state index contributed by atoms with van der Waals surface area (Å²) in [6.45, 7) is 2.03. The second-order valence-electron chi connectivity index (χ2n) is 5.44. The smallest absolute Gasteiger partial charge is 0.269 e. The minimum absolute atomic E-state index is 0.326. The summed E-state index contributed by atoms with van der Waals surface area (Å²) in [4.78, 5) is 21.4. The Morgan fingerprint density at radius 2 is 1.77 bits per heavy atom. The highest BCUT2D eigenvalue weighted by atomic mass is 35.5. The van der Waals surface area contributed by atoms with Crippen LogP contribution in [-0.4, -0.2) is 15.9 Å². The van der Waals surface area contributed by atoms with Gasteiger partial charge in [0.1, 0.15) is 17.0 Å². The van der Waals surface area contributed by atoms with Gasteiger partial charge in [-0.3, -0.25) is 15.6 Å². The number of amides is 1. The SMILES string of the molecule is Cc1ccc(Sc2ncnc(NNC(=O)c3ccc(Cl)cc3)c2N)cc1. The van der Waals surface area contributed by atoms with E-state index < -0.39 is 0 Å². The molecule has 0 atom stereocenters. The summed E-state index contributed by atoms with van der Waals surface area (Å²) in [6.07, 6.45) is 1.39. The van der Waals surface area contributed by atoms with Crippen molar-refractivity contribution in [2.45, 2.75) is 16.8 Å². The van der Waals surface area contributed by atoms with E-state index in [4.69, 9.17) is 17.3 Å². The van der Waals surface area contributed by atoms with Crippen molar-refractivity contribution >= 4 is 40.8 Å². The summed E-state index contributed by atoms with van der Waals surface area (Å²) >= 11 is 7.25. The van der Waals surface area contributed by atoms with Gasteiger partial charge in [0, 0.05) is 15.5 Å². The van der Waals surface area contributed by atoms with Crippen LogP contribution >= 0.6 is 23.4 Å². The Balaban J connectivity index is 1.69. The second kappa shape index (κ2) is 8.07. The molecule has 0 aliphatic heterocycles. The van der Waals surface area contributed by atoms with Crippen molar-refractivity contribution < 1.29 is 4.79 Å². The molecule has 0 radical (unpaired) electrons. The van der Waals surface area contributed by atoms with Crippen molar-refractivity contribution in [2.75, 3.05) is 11.2 Å². The van der Waals surface area contributed by atoms with E-state index in [1.807, 2.05) is 31.2 Å². The van der Waals surface area contributed by atoms with Crippen LogP contribution < -0.4 is 16.6 Å². The molecule has 0 saturated heterocycles. The van der Waals surface area contributed by atoms with Gasteiger partial charge in [-0.1, -0.05) is 41.1 Å². The molecule has 1 aromatic heterocycles. The molecule has 6 nitrogen and oxygen atoms in total. The predicted molar refractivity (Wildman–Crippen MR) is 104 cm³/mol. The zero-order chi connectivity index (χ0) is 18.5. The largest absolute Gasteiger partial charge is 0.393 e. The third-order valence-electron chi connectivity index (χ3n) is 3.48. The standard InChI is InChI=1S/C18H16ClN5OS/c1-11-2-8-14(9-3-11)26-18-15(20)16(21-10-22-18)23-24-17(25)12-4-6-13(19)7-5-12/h2-10H,20H2,1H3,(H,24,25)(H,21,22,23). The van der Waals surface area contributed by atoms with Crippen LogP contribution in [0.3, 0.4) is 0 Å². The minimum atomic E-state index is -0.326. The van der Waals surface area contributed by atoms with Crippen LogP contribution in [-0.2, 0) is 0 Å². The molecule has 3 rings (SSSR count). The number of hydrogen-bond donors (Lipinski definition) is 3. The fraction of sp³-hybridized carbons (Fsp3) is 0.0556. The summed E-state index contributed by atoms with van der Waals surface area (Å²) in [5.41, 5.74) is 13.4. The number of rotatable bonds is 5. The van der Waals surface area contributed by atoms with Gasteiger partial charge in [-0.05, 0) is 43.3 Å². The molecule has 2 aromatic carbocycles.